The highest BCUT2D eigenvalue weighted by Gasteiger charge is 2.60. The van der Waals surface area contributed by atoms with Gasteiger partial charge in [-0.3, -0.25) is 4.79 Å². The van der Waals surface area contributed by atoms with E-state index in [1.165, 1.54) is 11.3 Å². The summed E-state index contributed by atoms with van der Waals surface area (Å²) in [7, 11) is 0. The fourth-order valence-electron chi connectivity index (χ4n) is 4.84. The number of aliphatic carboxylic acids is 1. The Morgan fingerprint density at radius 3 is 2.73 bits per heavy atom. The summed E-state index contributed by atoms with van der Waals surface area (Å²) in [5, 5.41) is 23.3. The van der Waals surface area contributed by atoms with Gasteiger partial charge in [0, 0.05) is 35.7 Å². The van der Waals surface area contributed by atoms with E-state index in [4.69, 9.17) is 0 Å². The molecule has 4 aliphatic heterocycles. The van der Waals surface area contributed by atoms with Gasteiger partial charge in [0.1, 0.15) is 5.70 Å². The van der Waals surface area contributed by atoms with Crippen LogP contribution in [0.2, 0.25) is 0 Å². The first-order valence-corrected chi connectivity index (χ1v) is 10.3. The molecule has 4 aliphatic rings. The second kappa shape index (κ2) is 6.82. The van der Waals surface area contributed by atoms with E-state index in [1.54, 1.807) is 18.7 Å². The summed E-state index contributed by atoms with van der Waals surface area (Å²) >= 11 is 1.63. The fraction of sp³-hybridized carbons (Fsp3) is 0.778. The molecule has 3 fully saturated rings. The van der Waals surface area contributed by atoms with Crippen molar-refractivity contribution in [2.75, 3.05) is 32.7 Å². The lowest BCUT2D eigenvalue weighted by atomic mass is 9.79. The summed E-state index contributed by atoms with van der Waals surface area (Å²) in [6.45, 7) is 8.86. The highest BCUT2D eigenvalue weighted by Crippen LogP contribution is 2.51. The monoisotopic (exact) mass is 381 g/mol. The van der Waals surface area contributed by atoms with Crippen molar-refractivity contribution in [2.24, 2.45) is 17.8 Å². The minimum absolute atomic E-state index is 0.0310. The van der Waals surface area contributed by atoms with Crippen LogP contribution < -0.4 is 5.32 Å². The molecule has 0 saturated carbocycles. The normalized spacial score (nSPS) is 36.1. The smallest absolute Gasteiger partial charge is 0.353 e. The Morgan fingerprint density at radius 1 is 1.42 bits per heavy atom. The largest absolute Gasteiger partial charge is 0.477 e. The molecule has 1 amide bonds. The standard InChI is InChI=1S/C18H27N3O4S/c1-9-14-13(10(2)22)17(23)21(14)15(18(24)25)16(9)26-12-7-20(8-12)6-11-3-4-19-5-11/h9-14,19,22H,3-8H2,1-2H3,(H,24,25)/t9-,10-,11+,13-,14-/m1/s1. The molecule has 0 aromatic rings. The highest BCUT2D eigenvalue weighted by atomic mass is 32.2. The summed E-state index contributed by atoms with van der Waals surface area (Å²) in [5.41, 5.74) is 0.146. The predicted octanol–water partition coefficient (Wildman–Crippen LogP) is 0.167. The van der Waals surface area contributed by atoms with E-state index in [0.717, 1.165) is 43.5 Å². The number of β-lactam (4-membered cyclic amide) rings is 1. The van der Waals surface area contributed by atoms with Crippen molar-refractivity contribution >= 4 is 23.6 Å². The molecule has 26 heavy (non-hydrogen) atoms. The number of carboxylic acids is 1. The zero-order chi connectivity index (χ0) is 18.6. The first-order chi connectivity index (χ1) is 12.4. The van der Waals surface area contributed by atoms with Gasteiger partial charge in [0.2, 0.25) is 5.91 Å². The van der Waals surface area contributed by atoms with E-state index < -0.39 is 18.0 Å². The summed E-state index contributed by atoms with van der Waals surface area (Å²) in [6.07, 6.45) is 0.490. The lowest BCUT2D eigenvalue weighted by molar-refractivity contribution is -0.163. The van der Waals surface area contributed by atoms with Gasteiger partial charge in [0.05, 0.1) is 18.1 Å². The lowest BCUT2D eigenvalue weighted by Gasteiger charge is -2.46. The zero-order valence-electron chi connectivity index (χ0n) is 15.2. The summed E-state index contributed by atoms with van der Waals surface area (Å²) in [5.74, 6) is -1.07. The van der Waals surface area contributed by atoms with E-state index in [1.807, 2.05) is 6.92 Å². The van der Waals surface area contributed by atoms with Gasteiger partial charge < -0.3 is 25.3 Å². The van der Waals surface area contributed by atoms with E-state index in [9.17, 15) is 19.8 Å². The third-order valence-corrected chi connectivity index (χ3v) is 7.66. The number of likely N-dealkylation sites (tertiary alicyclic amines) is 1. The molecule has 0 unspecified atom stereocenters. The molecule has 0 aromatic heterocycles. The summed E-state index contributed by atoms with van der Waals surface area (Å²) in [4.78, 5) is 28.8. The van der Waals surface area contributed by atoms with Crippen LogP contribution in [0.4, 0.5) is 0 Å². The van der Waals surface area contributed by atoms with Crippen molar-refractivity contribution in [1.82, 2.24) is 15.1 Å². The van der Waals surface area contributed by atoms with Crippen LogP contribution in [-0.2, 0) is 9.59 Å². The zero-order valence-corrected chi connectivity index (χ0v) is 16.0. The van der Waals surface area contributed by atoms with Crippen LogP contribution >= 0.6 is 11.8 Å². The number of nitrogens with zero attached hydrogens (tertiary/aromatic N) is 2. The number of fused-ring (bicyclic) bond motifs is 1. The van der Waals surface area contributed by atoms with Gasteiger partial charge in [-0.1, -0.05) is 6.92 Å². The van der Waals surface area contributed by atoms with Gasteiger partial charge >= 0.3 is 5.97 Å². The maximum atomic E-state index is 12.4. The number of aliphatic hydroxyl groups excluding tert-OH is 1. The molecular weight excluding hydrogens is 354 g/mol. The SMILES string of the molecule is C[C@@H](O)[C@H]1C(=O)N2C(C(=O)O)=C(SC3CN(C[C@H]4CCNC4)C3)[C@H](C)[C@H]12. The molecule has 0 radical (unpaired) electrons. The number of hydrogen-bond donors (Lipinski definition) is 3. The first-order valence-electron chi connectivity index (χ1n) is 9.46. The van der Waals surface area contributed by atoms with Crippen LogP contribution in [0.3, 0.4) is 0 Å². The molecule has 3 saturated heterocycles. The number of carbonyl (C=O) groups excluding carboxylic acids is 1. The van der Waals surface area contributed by atoms with Crippen molar-refractivity contribution < 1.29 is 19.8 Å². The molecule has 0 aliphatic carbocycles. The molecule has 4 heterocycles. The van der Waals surface area contributed by atoms with Crippen molar-refractivity contribution in [1.29, 1.82) is 0 Å². The third-order valence-electron chi connectivity index (χ3n) is 6.21. The topological polar surface area (TPSA) is 93.1 Å². The Hall–Kier alpha value is -1.09. The number of amides is 1. The van der Waals surface area contributed by atoms with Crippen LogP contribution in [0.25, 0.3) is 0 Å². The Balaban J connectivity index is 1.41. The molecule has 5 atom stereocenters. The van der Waals surface area contributed by atoms with Crippen LogP contribution in [-0.4, -0.2) is 82.0 Å². The van der Waals surface area contributed by atoms with Gasteiger partial charge in [-0.05, 0) is 32.4 Å². The van der Waals surface area contributed by atoms with Crippen molar-refractivity contribution in [2.45, 2.75) is 37.7 Å². The van der Waals surface area contributed by atoms with E-state index in [-0.39, 0.29) is 23.6 Å². The van der Waals surface area contributed by atoms with Crippen molar-refractivity contribution in [3.05, 3.63) is 10.6 Å². The lowest BCUT2D eigenvalue weighted by Crippen LogP contribution is -2.63. The second-order valence-electron chi connectivity index (χ2n) is 8.09. The van der Waals surface area contributed by atoms with Crippen LogP contribution in [0.1, 0.15) is 20.3 Å². The summed E-state index contributed by atoms with van der Waals surface area (Å²) < 4.78 is 0. The van der Waals surface area contributed by atoms with Gasteiger partial charge in [0.25, 0.3) is 0 Å². The maximum absolute atomic E-state index is 12.4. The average molecular weight is 381 g/mol. The van der Waals surface area contributed by atoms with Crippen molar-refractivity contribution in [3.8, 4) is 0 Å². The number of aliphatic hydroxyl groups is 1. The quantitative estimate of drug-likeness (QED) is 0.565. The van der Waals surface area contributed by atoms with Gasteiger partial charge in [-0.2, -0.15) is 0 Å². The Labute approximate surface area is 157 Å². The number of carboxylic acid groups (broad SMARTS) is 1. The molecule has 4 rings (SSSR count). The first kappa shape index (κ1) is 18.3. The molecule has 0 aromatic carbocycles. The number of nitrogens with one attached hydrogen (secondary N) is 1. The molecule has 0 bridgehead atoms. The number of carbonyl (C=O) groups is 2. The Kier molecular flexibility index (Phi) is 4.79. The highest BCUT2D eigenvalue weighted by molar-refractivity contribution is 8.03. The van der Waals surface area contributed by atoms with Crippen LogP contribution in [0, 0.1) is 17.8 Å². The molecule has 8 heteroatoms. The van der Waals surface area contributed by atoms with Gasteiger partial charge in [-0.25, -0.2) is 4.79 Å². The third kappa shape index (κ3) is 2.87. The summed E-state index contributed by atoms with van der Waals surface area (Å²) in [6, 6.07) is -0.211. The minimum atomic E-state index is -1.03. The number of rotatable bonds is 6. The maximum Gasteiger partial charge on any atom is 0.353 e. The van der Waals surface area contributed by atoms with E-state index in [0.29, 0.717) is 5.25 Å². The Bertz CT molecular complexity index is 640. The molecule has 7 nitrogen and oxygen atoms in total. The number of hydrogen-bond acceptors (Lipinski definition) is 6. The van der Waals surface area contributed by atoms with Crippen LogP contribution in [0.15, 0.2) is 10.6 Å². The molecule has 0 spiro atoms. The van der Waals surface area contributed by atoms with Gasteiger partial charge in [-0.15, -0.1) is 11.8 Å². The molecule has 3 N–H and O–H groups in total. The predicted molar refractivity (Wildman–Crippen MR) is 98.4 cm³/mol. The average Bonchev–Trinajstić information content (AvgIpc) is 3.11. The minimum Gasteiger partial charge on any atom is -0.477 e. The molecular formula is C18H27N3O4S. The fourth-order valence-corrected chi connectivity index (χ4v) is 6.42. The van der Waals surface area contributed by atoms with Crippen molar-refractivity contribution in [3.63, 3.8) is 0 Å². The van der Waals surface area contributed by atoms with Gasteiger partial charge in [0.15, 0.2) is 0 Å². The van der Waals surface area contributed by atoms with E-state index in [2.05, 4.69) is 10.2 Å². The number of thioether (sulfide) groups is 1. The van der Waals surface area contributed by atoms with Crippen LogP contribution in [0.5, 0.6) is 0 Å². The molecule has 144 valence electrons. The Morgan fingerprint density at radius 2 is 2.15 bits per heavy atom. The second-order valence-corrected chi connectivity index (χ2v) is 9.43. The van der Waals surface area contributed by atoms with E-state index >= 15 is 0 Å².